The van der Waals surface area contributed by atoms with Crippen molar-refractivity contribution in [3.63, 3.8) is 0 Å². The zero-order valence-electron chi connectivity index (χ0n) is 20.9. The van der Waals surface area contributed by atoms with Gasteiger partial charge in [-0.2, -0.15) is 18.3 Å². The van der Waals surface area contributed by atoms with Gasteiger partial charge < -0.3 is 20.8 Å². The Balaban J connectivity index is 1.70. The lowest BCUT2D eigenvalue weighted by Crippen LogP contribution is -2.36. The normalized spacial score (nSPS) is 12.2. The molecule has 2 heterocycles. The fourth-order valence-electron chi connectivity index (χ4n) is 3.84. The van der Waals surface area contributed by atoms with Gasteiger partial charge in [-0.05, 0) is 30.3 Å². The SMILES string of the molecule is Cn1ccc(-c2cc(C(=O)Nc3ccc(CNC(=O)[C@H](O)CO)nc3-c3ccccc3)c(F)cc2C(F)(F)F)n1. The molecule has 0 spiro atoms. The first kappa shape index (κ1) is 28.4. The number of carbonyl (C=O) groups is 2. The molecule has 2 aromatic heterocycles. The summed E-state index contributed by atoms with van der Waals surface area (Å²) in [5, 5.41) is 27.3. The first-order valence-corrected chi connectivity index (χ1v) is 11.8. The number of nitrogens with one attached hydrogen (secondary N) is 2. The van der Waals surface area contributed by atoms with E-state index in [9.17, 15) is 32.3 Å². The number of alkyl halides is 3. The number of nitrogens with zero attached hydrogens (tertiary/aromatic N) is 3. The van der Waals surface area contributed by atoms with Crippen LogP contribution in [0.25, 0.3) is 22.5 Å². The second kappa shape index (κ2) is 11.6. The Bertz CT molecular complexity index is 1540. The van der Waals surface area contributed by atoms with Crippen molar-refractivity contribution in [2.45, 2.75) is 18.8 Å². The molecule has 0 radical (unpaired) electrons. The molecule has 0 aliphatic heterocycles. The molecule has 4 aromatic rings. The summed E-state index contributed by atoms with van der Waals surface area (Å²) in [4.78, 5) is 29.4. The predicted octanol–water partition coefficient (Wildman–Crippen LogP) is 3.53. The van der Waals surface area contributed by atoms with Crippen LogP contribution in [0.15, 0.2) is 66.9 Å². The fourth-order valence-corrected chi connectivity index (χ4v) is 3.84. The van der Waals surface area contributed by atoms with Crippen molar-refractivity contribution in [2.24, 2.45) is 7.05 Å². The highest BCUT2D eigenvalue weighted by Gasteiger charge is 2.36. The fraction of sp³-hybridized carbons (Fsp3) is 0.185. The Kier molecular flexibility index (Phi) is 8.26. The van der Waals surface area contributed by atoms with E-state index in [-0.39, 0.29) is 29.7 Å². The largest absolute Gasteiger partial charge is 0.417 e. The molecule has 0 saturated heterocycles. The van der Waals surface area contributed by atoms with Gasteiger partial charge in [-0.1, -0.05) is 30.3 Å². The molecule has 0 aliphatic carbocycles. The maximum atomic E-state index is 14.9. The van der Waals surface area contributed by atoms with Crippen LogP contribution in [0, 0.1) is 5.82 Å². The van der Waals surface area contributed by atoms with E-state index in [4.69, 9.17) is 5.11 Å². The van der Waals surface area contributed by atoms with Gasteiger partial charge in [-0.25, -0.2) is 9.37 Å². The van der Waals surface area contributed by atoms with Crippen LogP contribution in [0.1, 0.15) is 21.6 Å². The smallest absolute Gasteiger partial charge is 0.393 e. The third kappa shape index (κ3) is 6.33. The molecule has 0 aliphatic rings. The summed E-state index contributed by atoms with van der Waals surface area (Å²) in [5.74, 6) is -3.21. The number of carbonyl (C=O) groups excluding carboxylic acids is 2. The quantitative estimate of drug-likeness (QED) is 0.246. The zero-order chi connectivity index (χ0) is 29.0. The topological polar surface area (TPSA) is 129 Å². The van der Waals surface area contributed by atoms with Crippen molar-refractivity contribution in [3.8, 4) is 22.5 Å². The van der Waals surface area contributed by atoms with Crippen LogP contribution in [0.2, 0.25) is 0 Å². The van der Waals surface area contributed by atoms with Crippen molar-refractivity contribution in [3.05, 3.63) is 89.5 Å². The second-order valence-electron chi connectivity index (χ2n) is 8.69. The van der Waals surface area contributed by atoms with Gasteiger partial charge >= 0.3 is 6.18 Å². The van der Waals surface area contributed by atoms with E-state index in [2.05, 4.69) is 20.7 Å². The highest BCUT2D eigenvalue weighted by atomic mass is 19.4. The standard InChI is InChI=1S/C27H23F4N5O4/c1-36-10-9-21(35-36)17-11-18(20(28)12-19(17)27(29,30)31)25(39)34-22-8-7-16(13-32-26(40)23(38)14-37)33-24(22)15-5-3-2-4-6-15/h2-12,23,37-38H,13-14H2,1H3,(H,32,40)(H,34,39)/t23-/m1/s1. The number of anilines is 1. The van der Waals surface area contributed by atoms with Crippen molar-refractivity contribution in [1.29, 1.82) is 0 Å². The number of pyridine rings is 1. The van der Waals surface area contributed by atoms with Crippen LogP contribution in [-0.2, 0) is 24.6 Å². The van der Waals surface area contributed by atoms with E-state index in [0.717, 1.165) is 6.07 Å². The van der Waals surface area contributed by atoms with E-state index < -0.39 is 53.2 Å². The number of benzene rings is 2. The number of aryl methyl sites for hydroxylation is 1. The van der Waals surface area contributed by atoms with E-state index in [1.165, 1.54) is 36.1 Å². The zero-order valence-corrected chi connectivity index (χ0v) is 20.9. The summed E-state index contributed by atoms with van der Waals surface area (Å²) in [7, 11) is 1.51. The van der Waals surface area contributed by atoms with Crippen molar-refractivity contribution >= 4 is 17.5 Å². The lowest BCUT2D eigenvalue weighted by Gasteiger charge is -2.16. The van der Waals surface area contributed by atoms with E-state index in [1.54, 1.807) is 30.3 Å². The van der Waals surface area contributed by atoms with Crippen LogP contribution in [-0.4, -0.2) is 49.5 Å². The molecule has 13 heteroatoms. The van der Waals surface area contributed by atoms with Crippen LogP contribution >= 0.6 is 0 Å². The van der Waals surface area contributed by atoms with Gasteiger partial charge in [0.05, 0.1) is 47.0 Å². The second-order valence-corrected chi connectivity index (χ2v) is 8.69. The number of halogens is 4. The number of amides is 2. The highest BCUT2D eigenvalue weighted by Crippen LogP contribution is 2.38. The molecular formula is C27H23F4N5O4. The molecule has 0 unspecified atom stereocenters. The summed E-state index contributed by atoms with van der Waals surface area (Å²) in [6, 6.07) is 13.8. The van der Waals surface area contributed by atoms with Crippen LogP contribution in [0.3, 0.4) is 0 Å². The molecule has 0 bridgehead atoms. The number of aliphatic hydroxyl groups is 2. The summed E-state index contributed by atoms with van der Waals surface area (Å²) in [5.41, 5.74) is -1.23. The van der Waals surface area contributed by atoms with E-state index in [1.807, 2.05) is 0 Å². The third-order valence-corrected chi connectivity index (χ3v) is 5.81. The molecule has 4 N–H and O–H groups in total. The van der Waals surface area contributed by atoms with Gasteiger partial charge in [-0.15, -0.1) is 0 Å². The Labute approximate surface area is 225 Å². The lowest BCUT2D eigenvalue weighted by molar-refractivity contribution is -0.137. The minimum atomic E-state index is -4.90. The van der Waals surface area contributed by atoms with Gasteiger partial charge in [0.2, 0.25) is 0 Å². The molecule has 2 aromatic carbocycles. The summed E-state index contributed by atoms with van der Waals surface area (Å²) in [6.07, 6.45) is -5.09. The number of aliphatic hydroxyl groups excluding tert-OH is 2. The molecule has 40 heavy (non-hydrogen) atoms. The maximum absolute atomic E-state index is 14.9. The van der Waals surface area contributed by atoms with Gasteiger partial charge in [-0.3, -0.25) is 14.3 Å². The Morgan fingerprint density at radius 1 is 1.07 bits per heavy atom. The molecular weight excluding hydrogens is 534 g/mol. The molecule has 0 fully saturated rings. The number of hydrogen-bond acceptors (Lipinski definition) is 6. The maximum Gasteiger partial charge on any atom is 0.417 e. The van der Waals surface area contributed by atoms with Crippen molar-refractivity contribution < 1.29 is 37.4 Å². The van der Waals surface area contributed by atoms with Crippen molar-refractivity contribution in [1.82, 2.24) is 20.1 Å². The van der Waals surface area contributed by atoms with Gasteiger partial charge in [0.1, 0.15) is 5.82 Å². The molecule has 0 saturated carbocycles. The van der Waals surface area contributed by atoms with Gasteiger partial charge in [0.25, 0.3) is 11.8 Å². The molecule has 1 atom stereocenters. The Morgan fingerprint density at radius 2 is 1.80 bits per heavy atom. The average Bonchev–Trinajstić information content (AvgIpc) is 3.37. The highest BCUT2D eigenvalue weighted by molar-refractivity contribution is 6.07. The van der Waals surface area contributed by atoms with E-state index >= 15 is 0 Å². The molecule has 9 nitrogen and oxygen atoms in total. The summed E-state index contributed by atoms with van der Waals surface area (Å²) in [6.45, 7) is -0.882. The van der Waals surface area contributed by atoms with Crippen LogP contribution in [0.5, 0.6) is 0 Å². The van der Waals surface area contributed by atoms with Crippen molar-refractivity contribution in [2.75, 3.05) is 11.9 Å². The lowest BCUT2D eigenvalue weighted by atomic mass is 9.99. The van der Waals surface area contributed by atoms with E-state index in [0.29, 0.717) is 11.3 Å². The Hall–Kier alpha value is -4.62. The minimum absolute atomic E-state index is 0.0896. The van der Waals surface area contributed by atoms with Gasteiger partial charge in [0, 0.05) is 24.4 Å². The third-order valence-electron chi connectivity index (χ3n) is 5.81. The first-order valence-electron chi connectivity index (χ1n) is 11.8. The molecule has 2 amide bonds. The first-order chi connectivity index (χ1) is 19.0. The summed E-state index contributed by atoms with van der Waals surface area (Å²) >= 11 is 0. The number of aromatic nitrogens is 3. The number of hydrogen-bond donors (Lipinski definition) is 4. The van der Waals surface area contributed by atoms with Gasteiger partial charge in [0.15, 0.2) is 6.10 Å². The average molecular weight is 558 g/mol. The molecule has 4 rings (SSSR count). The minimum Gasteiger partial charge on any atom is -0.393 e. The predicted molar refractivity (Wildman–Crippen MR) is 136 cm³/mol. The number of rotatable bonds is 8. The monoisotopic (exact) mass is 557 g/mol. The Morgan fingerprint density at radius 3 is 2.42 bits per heavy atom. The van der Waals surface area contributed by atoms with Crippen LogP contribution in [0.4, 0.5) is 23.2 Å². The van der Waals surface area contributed by atoms with Crippen LogP contribution < -0.4 is 10.6 Å². The summed E-state index contributed by atoms with van der Waals surface area (Å²) < 4.78 is 57.3. The molecule has 208 valence electrons.